The van der Waals surface area contributed by atoms with Crippen LogP contribution in [0.2, 0.25) is 0 Å². The van der Waals surface area contributed by atoms with Gasteiger partial charge in [0.05, 0.1) is 6.61 Å². The van der Waals surface area contributed by atoms with Crippen molar-refractivity contribution in [1.82, 2.24) is 10.3 Å². The molecule has 0 atom stereocenters. The molecule has 0 spiro atoms. The standard InChI is InChI=1S/C14H16N2O2/c1-2-15-8-12-14(18-9-16-12)11-3-4-13-10(7-11)5-6-17-13/h3-4,7,9,15H,2,5-6,8H2,1H3. The second-order valence-corrected chi connectivity index (χ2v) is 4.33. The van der Waals surface area contributed by atoms with Crippen LogP contribution in [0.15, 0.2) is 29.0 Å². The molecule has 2 heterocycles. The van der Waals surface area contributed by atoms with Gasteiger partial charge in [0, 0.05) is 18.5 Å². The number of benzene rings is 1. The van der Waals surface area contributed by atoms with Gasteiger partial charge < -0.3 is 14.5 Å². The van der Waals surface area contributed by atoms with Crippen molar-refractivity contribution in [1.29, 1.82) is 0 Å². The Balaban J connectivity index is 1.92. The highest BCUT2D eigenvalue weighted by molar-refractivity contribution is 5.63. The van der Waals surface area contributed by atoms with Gasteiger partial charge in [-0.05, 0) is 30.3 Å². The monoisotopic (exact) mass is 244 g/mol. The highest BCUT2D eigenvalue weighted by Crippen LogP contribution is 2.31. The lowest BCUT2D eigenvalue weighted by Crippen LogP contribution is -2.12. The zero-order valence-electron chi connectivity index (χ0n) is 10.4. The zero-order valence-corrected chi connectivity index (χ0v) is 10.4. The van der Waals surface area contributed by atoms with E-state index in [-0.39, 0.29) is 0 Å². The molecule has 3 rings (SSSR count). The Hall–Kier alpha value is -1.81. The van der Waals surface area contributed by atoms with Crippen LogP contribution in [0.5, 0.6) is 5.75 Å². The Labute approximate surface area is 106 Å². The van der Waals surface area contributed by atoms with Crippen molar-refractivity contribution in [2.45, 2.75) is 19.9 Å². The third-order valence-corrected chi connectivity index (χ3v) is 3.14. The van der Waals surface area contributed by atoms with Crippen LogP contribution in [-0.4, -0.2) is 18.1 Å². The highest BCUT2D eigenvalue weighted by atomic mass is 16.5. The van der Waals surface area contributed by atoms with Crippen molar-refractivity contribution < 1.29 is 9.15 Å². The van der Waals surface area contributed by atoms with E-state index in [0.717, 1.165) is 48.9 Å². The first kappa shape index (κ1) is 11.3. The van der Waals surface area contributed by atoms with Gasteiger partial charge in [-0.2, -0.15) is 0 Å². The van der Waals surface area contributed by atoms with Crippen LogP contribution in [0.3, 0.4) is 0 Å². The molecule has 94 valence electrons. The van der Waals surface area contributed by atoms with E-state index in [2.05, 4.69) is 23.3 Å². The van der Waals surface area contributed by atoms with Crippen molar-refractivity contribution in [3.63, 3.8) is 0 Å². The molecule has 1 aliphatic rings. The SMILES string of the molecule is CCNCc1ncoc1-c1ccc2c(c1)CCO2. The summed E-state index contributed by atoms with van der Waals surface area (Å²) in [7, 11) is 0. The van der Waals surface area contributed by atoms with E-state index in [1.54, 1.807) is 0 Å². The van der Waals surface area contributed by atoms with Gasteiger partial charge in [-0.15, -0.1) is 0 Å². The van der Waals surface area contributed by atoms with Crippen molar-refractivity contribution in [3.8, 4) is 17.1 Å². The van der Waals surface area contributed by atoms with Gasteiger partial charge in [-0.1, -0.05) is 6.92 Å². The smallest absolute Gasteiger partial charge is 0.181 e. The quantitative estimate of drug-likeness (QED) is 0.897. The van der Waals surface area contributed by atoms with Gasteiger partial charge in [0.25, 0.3) is 0 Å². The van der Waals surface area contributed by atoms with Crippen LogP contribution < -0.4 is 10.1 Å². The summed E-state index contributed by atoms with van der Waals surface area (Å²) in [5, 5.41) is 3.27. The third kappa shape index (κ3) is 1.99. The average molecular weight is 244 g/mol. The molecule has 0 bridgehead atoms. The van der Waals surface area contributed by atoms with Crippen LogP contribution in [0, 0.1) is 0 Å². The van der Waals surface area contributed by atoms with Crippen molar-refractivity contribution in [3.05, 3.63) is 35.9 Å². The average Bonchev–Trinajstić information content (AvgIpc) is 3.03. The number of oxazole rings is 1. The summed E-state index contributed by atoms with van der Waals surface area (Å²) in [6.45, 7) is 4.51. The Morgan fingerprint density at radius 3 is 3.22 bits per heavy atom. The van der Waals surface area contributed by atoms with Gasteiger partial charge in [-0.25, -0.2) is 4.98 Å². The first-order chi connectivity index (χ1) is 8.88. The maximum atomic E-state index is 5.52. The second kappa shape index (κ2) is 4.82. The van der Waals surface area contributed by atoms with Gasteiger partial charge >= 0.3 is 0 Å². The Bertz CT molecular complexity index is 548. The molecule has 18 heavy (non-hydrogen) atoms. The largest absolute Gasteiger partial charge is 0.493 e. The number of nitrogens with one attached hydrogen (secondary N) is 1. The molecule has 1 aliphatic heterocycles. The number of aromatic nitrogens is 1. The summed E-state index contributed by atoms with van der Waals surface area (Å²) in [4.78, 5) is 4.26. The normalized spacial score (nSPS) is 13.4. The van der Waals surface area contributed by atoms with Gasteiger partial charge in [0.15, 0.2) is 12.2 Å². The summed E-state index contributed by atoms with van der Waals surface area (Å²) < 4.78 is 11.0. The van der Waals surface area contributed by atoms with E-state index in [4.69, 9.17) is 9.15 Å². The van der Waals surface area contributed by atoms with E-state index in [0.29, 0.717) is 0 Å². The molecule has 2 aromatic rings. The van der Waals surface area contributed by atoms with Crippen molar-refractivity contribution in [2.75, 3.05) is 13.2 Å². The molecule has 0 unspecified atom stereocenters. The first-order valence-electron chi connectivity index (χ1n) is 6.27. The summed E-state index contributed by atoms with van der Waals surface area (Å²) in [5.41, 5.74) is 3.28. The van der Waals surface area contributed by atoms with E-state index in [1.807, 2.05) is 12.1 Å². The molecule has 0 radical (unpaired) electrons. The molecule has 1 N–H and O–H groups in total. The lowest BCUT2D eigenvalue weighted by molar-refractivity contribution is 0.357. The number of hydrogen-bond donors (Lipinski definition) is 1. The number of fused-ring (bicyclic) bond motifs is 1. The lowest BCUT2D eigenvalue weighted by atomic mass is 10.1. The van der Waals surface area contributed by atoms with Crippen molar-refractivity contribution in [2.24, 2.45) is 0 Å². The molecule has 0 aliphatic carbocycles. The minimum atomic E-state index is 0.732. The molecule has 4 nitrogen and oxygen atoms in total. The molecule has 0 amide bonds. The minimum Gasteiger partial charge on any atom is -0.493 e. The Morgan fingerprint density at radius 2 is 2.33 bits per heavy atom. The van der Waals surface area contributed by atoms with E-state index in [9.17, 15) is 0 Å². The summed E-state index contributed by atoms with van der Waals surface area (Å²) in [6, 6.07) is 6.18. The van der Waals surface area contributed by atoms with Crippen LogP contribution in [-0.2, 0) is 13.0 Å². The Morgan fingerprint density at radius 1 is 1.39 bits per heavy atom. The molecule has 0 saturated heterocycles. The van der Waals surface area contributed by atoms with E-state index >= 15 is 0 Å². The van der Waals surface area contributed by atoms with Gasteiger partial charge in [-0.3, -0.25) is 0 Å². The van der Waals surface area contributed by atoms with Crippen LogP contribution in [0.1, 0.15) is 18.2 Å². The molecule has 0 saturated carbocycles. The molecule has 1 aromatic carbocycles. The van der Waals surface area contributed by atoms with Crippen LogP contribution >= 0.6 is 0 Å². The van der Waals surface area contributed by atoms with E-state index in [1.165, 1.54) is 12.0 Å². The fourth-order valence-electron chi connectivity index (χ4n) is 2.20. The lowest BCUT2D eigenvalue weighted by Gasteiger charge is -2.04. The fourth-order valence-corrected chi connectivity index (χ4v) is 2.20. The summed E-state index contributed by atoms with van der Waals surface area (Å²) >= 11 is 0. The molecule has 0 fully saturated rings. The summed E-state index contributed by atoms with van der Waals surface area (Å²) in [5.74, 6) is 1.84. The second-order valence-electron chi connectivity index (χ2n) is 4.33. The van der Waals surface area contributed by atoms with E-state index < -0.39 is 0 Å². The number of ether oxygens (including phenoxy) is 1. The number of nitrogens with zero attached hydrogens (tertiary/aromatic N) is 1. The fraction of sp³-hybridized carbons (Fsp3) is 0.357. The van der Waals surface area contributed by atoms with Crippen LogP contribution in [0.25, 0.3) is 11.3 Å². The predicted octanol–water partition coefficient (Wildman–Crippen LogP) is 2.39. The highest BCUT2D eigenvalue weighted by Gasteiger charge is 2.16. The summed E-state index contributed by atoms with van der Waals surface area (Å²) in [6.07, 6.45) is 2.48. The third-order valence-electron chi connectivity index (χ3n) is 3.14. The Kier molecular flexibility index (Phi) is 3.02. The van der Waals surface area contributed by atoms with Crippen LogP contribution in [0.4, 0.5) is 0 Å². The molecule has 1 aromatic heterocycles. The van der Waals surface area contributed by atoms with Gasteiger partial charge in [0.2, 0.25) is 0 Å². The molecular formula is C14H16N2O2. The number of hydrogen-bond acceptors (Lipinski definition) is 4. The molecule has 4 heteroatoms. The predicted molar refractivity (Wildman–Crippen MR) is 68.5 cm³/mol. The van der Waals surface area contributed by atoms with Gasteiger partial charge in [0.1, 0.15) is 11.4 Å². The zero-order chi connectivity index (χ0) is 12.4. The van der Waals surface area contributed by atoms with Crippen molar-refractivity contribution >= 4 is 0 Å². The molecular weight excluding hydrogens is 228 g/mol. The maximum Gasteiger partial charge on any atom is 0.181 e. The topological polar surface area (TPSA) is 47.3 Å². The minimum absolute atomic E-state index is 0.732. The number of rotatable bonds is 4. The first-order valence-corrected chi connectivity index (χ1v) is 6.27. The maximum absolute atomic E-state index is 5.52.